The molecule has 4 aromatic rings. The molecule has 3 saturated heterocycles. The van der Waals surface area contributed by atoms with E-state index in [0.29, 0.717) is 18.8 Å². The predicted molar refractivity (Wildman–Crippen MR) is 216 cm³/mol. The highest BCUT2D eigenvalue weighted by atomic mass is 16.3. The van der Waals surface area contributed by atoms with Gasteiger partial charge in [0, 0.05) is 51.6 Å². The number of rotatable bonds is 6. The van der Waals surface area contributed by atoms with Crippen molar-refractivity contribution >= 4 is 35.4 Å². The fraction of sp³-hybridized carbons (Fsp3) is 0.413. The van der Waals surface area contributed by atoms with Crippen LogP contribution in [0.25, 0.3) is 0 Å². The number of likely N-dealkylation sites (tertiary alicyclic amines) is 1. The number of carbonyl (C=O) groups is 5. The summed E-state index contributed by atoms with van der Waals surface area (Å²) in [5.41, 5.74) is 7.18. The number of aromatic nitrogens is 2. The largest absolute Gasteiger partial charge is 0.508 e. The molecule has 6 aliphatic rings. The first kappa shape index (κ1) is 37.3. The Bertz CT molecular complexity index is 2320. The molecule has 302 valence electrons. The third kappa shape index (κ3) is 6.74. The van der Waals surface area contributed by atoms with E-state index in [0.717, 1.165) is 92.2 Å². The van der Waals surface area contributed by atoms with E-state index in [9.17, 15) is 29.1 Å². The van der Waals surface area contributed by atoms with Crippen molar-refractivity contribution in [2.45, 2.75) is 82.3 Å². The number of piperidine rings is 3. The minimum Gasteiger partial charge on any atom is -0.508 e. The molecule has 1 aromatic heterocycles. The Morgan fingerprint density at radius 3 is 2.12 bits per heavy atom. The van der Waals surface area contributed by atoms with Gasteiger partial charge in [-0.2, -0.15) is 5.10 Å². The summed E-state index contributed by atoms with van der Waals surface area (Å²) in [5, 5.41) is 22.1. The van der Waals surface area contributed by atoms with Gasteiger partial charge in [0.2, 0.25) is 17.7 Å². The lowest BCUT2D eigenvalue weighted by Crippen LogP contribution is -2.54. The summed E-state index contributed by atoms with van der Waals surface area (Å²) in [6.07, 6.45) is 6.10. The Labute approximate surface area is 342 Å². The van der Waals surface area contributed by atoms with E-state index in [1.54, 1.807) is 18.2 Å². The van der Waals surface area contributed by atoms with E-state index >= 15 is 0 Å². The fourth-order valence-corrected chi connectivity index (χ4v) is 10.7. The van der Waals surface area contributed by atoms with E-state index < -0.39 is 29.7 Å². The zero-order valence-electron chi connectivity index (χ0n) is 32.9. The van der Waals surface area contributed by atoms with Crippen LogP contribution < -0.4 is 10.2 Å². The monoisotopic (exact) mass is 793 g/mol. The summed E-state index contributed by atoms with van der Waals surface area (Å²) in [6.45, 7) is 4.50. The second-order valence-corrected chi connectivity index (χ2v) is 17.4. The quantitative estimate of drug-likeness (QED) is 0.263. The van der Waals surface area contributed by atoms with Crippen molar-refractivity contribution in [1.29, 1.82) is 0 Å². The van der Waals surface area contributed by atoms with Gasteiger partial charge in [0.1, 0.15) is 11.8 Å². The minimum absolute atomic E-state index is 0.0543. The van der Waals surface area contributed by atoms with Crippen molar-refractivity contribution in [1.82, 2.24) is 30.2 Å². The average molecular weight is 794 g/mol. The van der Waals surface area contributed by atoms with E-state index in [1.807, 2.05) is 11.0 Å². The standard InChI is InChI=1S/C46H47N7O6/c54-32-7-9-34-29(22-32)6-8-33(28-4-2-1-3-5-28)42(34)37-10-12-39(49-48-37)51-18-14-46(15-19-51)16-20-52(21-17-46)41(56)27-50-25-30-23-35-36(24-31(30)26-50)45(59)53(44(35)58)38-11-13-40(55)47-43(38)57/h1-5,7,9-10,12,22-24,33,38,42,54H,6,8,11,13-21,25-27H2,(H,47,55,57)/t33-,38?,42+/m1/s1. The molecule has 0 saturated carbocycles. The number of nitrogens with zero attached hydrogens (tertiary/aromatic N) is 6. The normalized spacial score (nSPS) is 23.9. The molecule has 0 radical (unpaired) electrons. The number of phenols is 1. The first-order chi connectivity index (χ1) is 28.6. The summed E-state index contributed by atoms with van der Waals surface area (Å²) in [7, 11) is 0. The number of nitrogens with one attached hydrogen (secondary N) is 1. The number of amides is 5. The molecule has 5 aliphatic heterocycles. The Hall–Kier alpha value is -5.95. The lowest BCUT2D eigenvalue weighted by atomic mass is 9.70. The van der Waals surface area contributed by atoms with Gasteiger partial charge >= 0.3 is 0 Å². The van der Waals surface area contributed by atoms with Crippen molar-refractivity contribution in [3.63, 3.8) is 0 Å². The molecule has 1 spiro atoms. The minimum atomic E-state index is -0.995. The van der Waals surface area contributed by atoms with Gasteiger partial charge in [-0.15, -0.1) is 5.10 Å². The van der Waals surface area contributed by atoms with Crippen LogP contribution in [0.4, 0.5) is 5.82 Å². The fourth-order valence-electron chi connectivity index (χ4n) is 10.7. The summed E-state index contributed by atoms with van der Waals surface area (Å²) in [6, 6.07) is 23.1. The second-order valence-electron chi connectivity index (χ2n) is 17.4. The summed E-state index contributed by atoms with van der Waals surface area (Å²) >= 11 is 0. The van der Waals surface area contributed by atoms with E-state index in [-0.39, 0.29) is 53.7 Å². The van der Waals surface area contributed by atoms with Crippen LogP contribution in [0.15, 0.2) is 72.8 Å². The lowest BCUT2D eigenvalue weighted by molar-refractivity contribution is -0.137. The Morgan fingerprint density at radius 2 is 1.46 bits per heavy atom. The molecule has 13 nitrogen and oxygen atoms in total. The van der Waals surface area contributed by atoms with E-state index in [4.69, 9.17) is 10.2 Å². The van der Waals surface area contributed by atoms with Crippen molar-refractivity contribution in [3.05, 3.63) is 117 Å². The Balaban J connectivity index is 0.732. The highest BCUT2D eigenvalue weighted by molar-refractivity contribution is 6.23. The number of aryl methyl sites for hydroxylation is 1. The van der Waals surface area contributed by atoms with Crippen LogP contribution in [0.2, 0.25) is 0 Å². The van der Waals surface area contributed by atoms with Crippen molar-refractivity contribution < 1.29 is 29.1 Å². The van der Waals surface area contributed by atoms with Crippen molar-refractivity contribution in [2.75, 3.05) is 37.6 Å². The molecule has 13 heteroatoms. The summed E-state index contributed by atoms with van der Waals surface area (Å²) < 4.78 is 0. The summed E-state index contributed by atoms with van der Waals surface area (Å²) in [5.74, 6) is -0.450. The lowest BCUT2D eigenvalue weighted by Gasteiger charge is -2.47. The van der Waals surface area contributed by atoms with Crippen LogP contribution in [0.3, 0.4) is 0 Å². The number of aromatic hydroxyl groups is 1. The maximum absolute atomic E-state index is 13.6. The highest BCUT2D eigenvalue weighted by Crippen LogP contribution is 2.47. The average Bonchev–Trinajstić information content (AvgIpc) is 3.75. The molecular weight excluding hydrogens is 747 g/mol. The molecule has 3 fully saturated rings. The van der Waals surface area contributed by atoms with Crippen molar-refractivity contribution in [3.8, 4) is 5.75 Å². The highest BCUT2D eigenvalue weighted by Gasteiger charge is 2.46. The van der Waals surface area contributed by atoms with Gasteiger partial charge < -0.3 is 14.9 Å². The molecule has 59 heavy (non-hydrogen) atoms. The maximum Gasteiger partial charge on any atom is 0.262 e. The van der Waals surface area contributed by atoms with Crippen LogP contribution in [-0.4, -0.2) is 98.3 Å². The smallest absolute Gasteiger partial charge is 0.262 e. The number of benzene rings is 3. The number of hydrogen-bond acceptors (Lipinski definition) is 10. The van der Waals surface area contributed by atoms with Gasteiger partial charge in [0.25, 0.3) is 11.8 Å². The number of fused-ring (bicyclic) bond motifs is 3. The molecule has 3 atom stereocenters. The molecule has 5 amide bonds. The van der Waals surface area contributed by atoms with E-state index in [1.165, 1.54) is 16.7 Å². The van der Waals surface area contributed by atoms with Gasteiger partial charge in [0.15, 0.2) is 5.82 Å². The number of anilines is 1. The molecule has 0 bridgehead atoms. The zero-order chi connectivity index (χ0) is 40.4. The third-order valence-corrected chi connectivity index (χ3v) is 14.0. The van der Waals surface area contributed by atoms with Gasteiger partial charge in [-0.1, -0.05) is 36.4 Å². The van der Waals surface area contributed by atoms with E-state index in [2.05, 4.69) is 63.6 Å². The van der Waals surface area contributed by atoms with Crippen LogP contribution >= 0.6 is 0 Å². The number of imide groups is 2. The molecule has 6 heterocycles. The number of carbonyl (C=O) groups excluding carboxylic acids is 5. The third-order valence-electron chi connectivity index (χ3n) is 14.0. The van der Waals surface area contributed by atoms with Gasteiger partial charge in [-0.25, -0.2) is 0 Å². The number of phenolic OH excluding ortho intramolecular Hbond substituents is 1. The first-order valence-electron chi connectivity index (χ1n) is 21.0. The molecular formula is C46H47N7O6. The topological polar surface area (TPSA) is 156 Å². The van der Waals surface area contributed by atoms with Crippen LogP contribution in [0.1, 0.15) is 111 Å². The SMILES string of the molecule is O=C1CCC(N2C(=O)c3cc4c(cc3C2=O)CN(CC(=O)N2CCC3(CC2)CCN(c2ccc([C@@H]5c6ccc(O)cc6CC[C@@H]5c5ccccc5)nn2)CC3)C4)C(=O)N1. The zero-order valence-corrected chi connectivity index (χ0v) is 32.9. The van der Waals surface area contributed by atoms with Crippen molar-refractivity contribution in [2.24, 2.45) is 5.41 Å². The Morgan fingerprint density at radius 1 is 0.763 bits per heavy atom. The Kier molecular flexibility index (Phi) is 9.30. The molecule has 1 unspecified atom stereocenters. The van der Waals surface area contributed by atoms with Gasteiger partial charge in [0.05, 0.1) is 23.4 Å². The number of hydrogen-bond donors (Lipinski definition) is 2. The summed E-state index contributed by atoms with van der Waals surface area (Å²) in [4.78, 5) is 71.7. The van der Waals surface area contributed by atoms with Crippen LogP contribution in [0, 0.1) is 5.41 Å². The van der Waals surface area contributed by atoms with Gasteiger partial charge in [-0.3, -0.25) is 39.1 Å². The molecule has 10 rings (SSSR count). The second kappa shape index (κ2) is 14.7. The predicted octanol–water partition coefficient (Wildman–Crippen LogP) is 4.67. The maximum atomic E-state index is 13.6. The molecule has 2 N–H and O–H groups in total. The van der Waals surface area contributed by atoms with Crippen LogP contribution in [0.5, 0.6) is 5.75 Å². The van der Waals surface area contributed by atoms with Gasteiger partial charge in [-0.05, 0) is 120 Å². The van der Waals surface area contributed by atoms with Crippen LogP contribution in [-0.2, 0) is 33.9 Å². The molecule has 3 aromatic carbocycles. The molecule has 1 aliphatic carbocycles. The first-order valence-corrected chi connectivity index (χ1v) is 21.0.